The number of unbranched alkanes of at least 4 members (excludes halogenated alkanes) is 24. The SMILES string of the molecule is CCCCCCCCCCC[PH](CCCCCCCCCCC)(CCCCCCCCCCC)C(C)C. The Bertz CT molecular complexity index is 360. The topological polar surface area (TPSA) is 0 Å². The fourth-order valence-corrected chi connectivity index (χ4v) is 11.9. The molecule has 0 saturated heterocycles. The predicted molar refractivity (Wildman–Crippen MR) is 180 cm³/mol. The Morgan fingerprint density at radius 3 is 0.676 bits per heavy atom. The van der Waals surface area contributed by atoms with Gasteiger partial charge < -0.3 is 0 Å². The first-order valence-electron chi connectivity index (χ1n) is 18.1. The summed E-state index contributed by atoms with van der Waals surface area (Å²) in [6.07, 6.45) is 44.9. The van der Waals surface area contributed by atoms with E-state index in [-0.39, 0.29) is 0 Å². The van der Waals surface area contributed by atoms with Crippen molar-refractivity contribution in [3.05, 3.63) is 0 Å². The standard InChI is InChI=1S/C36H77P/c1-6-9-12-15-18-21-24-27-30-33-37(36(4)5,34-31-28-25-22-19-16-13-10-7-2)35-32-29-26-23-20-17-14-11-8-3/h36-37H,6-35H2,1-5H3. The Morgan fingerprint density at radius 2 is 0.486 bits per heavy atom. The molecule has 0 fully saturated rings. The minimum atomic E-state index is -1.13. The third-order valence-electron chi connectivity index (χ3n) is 9.56. The molecule has 0 nitrogen and oxygen atoms in total. The number of rotatable bonds is 31. The summed E-state index contributed by atoms with van der Waals surface area (Å²) in [6.45, 7) is 12.2. The van der Waals surface area contributed by atoms with E-state index in [9.17, 15) is 0 Å². The van der Waals surface area contributed by atoms with Gasteiger partial charge in [-0.3, -0.25) is 0 Å². The van der Waals surface area contributed by atoms with Crippen LogP contribution < -0.4 is 0 Å². The second-order valence-electron chi connectivity index (χ2n) is 13.3. The maximum atomic E-state index is 2.63. The second kappa shape index (κ2) is 29.4. The van der Waals surface area contributed by atoms with Crippen molar-refractivity contribution in [1.29, 1.82) is 0 Å². The molecule has 0 aromatic heterocycles. The van der Waals surface area contributed by atoms with Crippen molar-refractivity contribution in [2.75, 3.05) is 18.5 Å². The van der Waals surface area contributed by atoms with Gasteiger partial charge in [-0.2, -0.15) is 0 Å². The van der Waals surface area contributed by atoms with Gasteiger partial charge in [0.15, 0.2) is 0 Å². The monoisotopic (exact) mass is 541 g/mol. The molecule has 0 unspecified atom stereocenters. The zero-order valence-electron chi connectivity index (χ0n) is 27.3. The van der Waals surface area contributed by atoms with Gasteiger partial charge in [0.25, 0.3) is 0 Å². The Kier molecular flexibility index (Phi) is 29.8. The van der Waals surface area contributed by atoms with Crippen molar-refractivity contribution in [2.45, 2.75) is 214 Å². The maximum absolute atomic E-state index is 2.63. The molecule has 0 aromatic carbocycles. The van der Waals surface area contributed by atoms with Crippen LogP contribution in [0.5, 0.6) is 0 Å². The predicted octanol–water partition coefficient (Wildman–Crippen LogP) is 13.7. The van der Waals surface area contributed by atoms with Gasteiger partial charge in [-0.15, -0.1) is 0 Å². The van der Waals surface area contributed by atoms with Gasteiger partial charge in [0.2, 0.25) is 0 Å². The second-order valence-corrected chi connectivity index (χ2v) is 18.6. The van der Waals surface area contributed by atoms with Crippen LogP contribution in [-0.4, -0.2) is 24.1 Å². The van der Waals surface area contributed by atoms with Crippen molar-refractivity contribution in [3.63, 3.8) is 0 Å². The first-order valence-corrected chi connectivity index (χ1v) is 20.8. The zero-order chi connectivity index (χ0) is 27.3. The molecular weight excluding hydrogens is 463 g/mol. The molecule has 0 aliphatic carbocycles. The summed E-state index contributed by atoms with van der Waals surface area (Å²) >= 11 is 0. The van der Waals surface area contributed by atoms with Crippen molar-refractivity contribution in [1.82, 2.24) is 0 Å². The van der Waals surface area contributed by atoms with E-state index in [1.54, 1.807) is 37.7 Å². The Balaban J connectivity index is 4.40. The van der Waals surface area contributed by atoms with Gasteiger partial charge >= 0.3 is 239 Å². The van der Waals surface area contributed by atoms with Crippen molar-refractivity contribution >= 4 is 7.26 Å². The number of hydrogen-bond acceptors (Lipinski definition) is 0. The molecule has 0 aliphatic rings. The molecule has 0 amide bonds. The quantitative estimate of drug-likeness (QED) is 0.0605. The molecule has 0 heterocycles. The average Bonchev–Trinajstić information content (AvgIpc) is 2.89. The fraction of sp³-hybridized carbons (Fsp3) is 1.00. The molecule has 1 heteroatoms. The summed E-state index contributed by atoms with van der Waals surface area (Å²) in [4.78, 5) is 0. The molecule has 0 rings (SSSR count). The van der Waals surface area contributed by atoms with Crippen LogP contribution in [0.25, 0.3) is 0 Å². The van der Waals surface area contributed by atoms with Crippen molar-refractivity contribution in [3.8, 4) is 0 Å². The molecule has 226 valence electrons. The van der Waals surface area contributed by atoms with E-state index >= 15 is 0 Å². The van der Waals surface area contributed by atoms with E-state index in [4.69, 9.17) is 0 Å². The first kappa shape index (κ1) is 37.4. The van der Waals surface area contributed by atoms with E-state index in [0.29, 0.717) is 0 Å². The minimum absolute atomic E-state index is 0.990. The zero-order valence-corrected chi connectivity index (χ0v) is 28.3. The third-order valence-corrected chi connectivity index (χ3v) is 16.1. The van der Waals surface area contributed by atoms with E-state index < -0.39 is 7.26 Å². The van der Waals surface area contributed by atoms with Crippen molar-refractivity contribution < 1.29 is 0 Å². The Morgan fingerprint density at radius 1 is 0.297 bits per heavy atom. The van der Waals surface area contributed by atoms with Gasteiger partial charge in [-0.25, -0.2) is 0 Å². The van der Waals surface area contributed by atoms with Crippen molar-refractivity contribution in [2.24, 2.45) is 0 Å². The van der Waals surface area contributed by atoms with Crippen LogP contribution in [0.4, 0.5) is 0 Å². The summed E-state index contributed by atoms with van der Waals surface area (Å²) in [5, 5.41) is 0. The van der Waals surface area contributed by atoms with E-state index in [1.165, 1.54) is 154 Å². The summed E-state index contributed by atoms with van der Waals surface area (Å²) in [7, 11) is -1.13. The fourth-order valence-electron chi connectivity index (χ4n) is 6.60. The molecule has 0 spiro atoms. The van der Waals surface area contributed by atoms with Crippen LogP contribution in [0.2, 0.25) is 0 Å². The van der Waals surface area contributed by atoms with E-state index in [2.05, 4.69) is 34.6 Å². The molecule has 37 heavy (non-hydrogen) atoms. The van der Waals surface area contributed by atoms with Crippen LogP contribution in [0, 0.1) is 0 Å². The van der Waals surface area contributed by atoms with Gasteiger partial charge in [-0.1, -0.05) is 0 Å². The van der Waals surface area contributed by atoms with Crippen LogP contribution >= 0.6 is 7.26 Å². The van der Waals surface area contributed by atoms with Gasteiger partial charge in [0.05, 0.1) is 0 Å². The van der Waals surface area contributed by atoms with Crippen LogP contribution in [0.3, 0.4) is 0 Å². The van der Waals surface area contributed by atoms with Gasteiger partial charge in [0, 0.05) is 0 Å². The Hall–Kier alpha value is 0.430. The average molecular weight is 541 g/mol. The Labute approximate surface area is 239 Å². The van der Waals surface area contributed by atoms with Gasteiger partial charge in [-0.05, 0) is 0 Å². The van der Waals surface area contributed by atoms with E-state index in [0.717, 1.165) is 5.66 Å². The number of hydrogen-bond donors (Lipinski definition) is 0. The molecule has 0 aromatic rings. The molecule has 0 radical (unpaired) electrons. The van der Waals surface area contributed by atoms with E-state index in [1.807, 2.05) is 0 Å². The summed E-state index contributed by atoms with van der Waals surface area (Å²) in [6, 6.07) is 0. The summed E-state index contributed by atoms with van der Waals surface area (Å²) in [5.74, 6) is 0. The normalized spacial score (nSPS) is 12.6. The van der Waals surface area contributed by atoms with Gasteiger partial charge in [0.1, 0.15) is 0 Å². The summed E-state index contributed by atoms with van der Waals surface area (Å²) in [5.41, 5.74) is 0.990. The first-order chi connectivity index (χ1) is 18.1. The van der Waals surface area contributed by atoms with Crippen LogP contribution in [-0.2, 0) is 0 Å². The van der Waals surface area contributed by atoms with Crippen LogP contribution in [0.15, 0.2) is 0 Å². The molecule has 0 N–H and O–H groups in total. The summed E-state index contributed by atoms with van der Waals surface area (Å²) < 4.78 is 0. The molecule has 0 aliphatic heterocycles. The molecule has 0 atom stereocenters. The van der Waals surface area contributed by atoms with Crippen LogP contribution in [0.1, 0.15) is 208 Å². The third kappa shape index (κ3) is 24.0. The molecule has 0 saturated carbocycles. The molecular formula is C36H77P. The molecule has 0 bridgehead atoms.